The third-order valence-electron chi connectivity index (χ3n) is 3.94. The second-order valence-electron chi connectivity index (χ2n) is 6.30. The number of hydrogen-bond donors (Lipinski definition) is 2. The maximum absolute atomic E-state index is 9.69. The number of hydrogen-bond acceptors (Lipinski definition) is 3. The number of aliphatic imine (C=N–C) groups is 1. The van der Waals surface area contributed by atoms with E-state index in [0.29, 0.717) is 12.5 Å². The van der Waals surface area contributed by atoms with E-state index in [4.69, 9.17) is 4.99 Å². The first-order valence-corrected chi connectivity index (χ1v) is 8.22. The molecule has 1 fully saturated rings. The lowest BCUT2D eigenvalue weighted by molar-refractivity contribution is 0.187. The van der Waals surface area contributed by atoms with Gasteiger partial charge in [-0.3, -0.25) is 9.67 Å². The van der Waals surface area contributed by atoms with E-state index in [1.807, 2.05) is 6.92 Å². The monoisotopic (exact) mass is 307 g/mol. The number of β-amino-alcohol motifs (C(OH)–C–C–N with tert-alkyl or cyclic N) is 1. The van der Waals surface area contributed by atoms with Crippen molar-refractivity contribution >= 4 is 5.96 Å². The lowest BCUT2D eigenvalue weighted by Gasteiger charge is -2.21. The standard InChI is InChI=1S/C16H29N5O/c1-5-17-16(20-7-6-15(22)11-20)18-9-12(2)10-21-14(4)8-13(3)19-21/h8,12,15,22H,5-7,9-11H2,1-4H3,(H,17,18)/t12?,15-/m1/s1. The van der Waals surface area contributed by atoms with Gasteiger partial charge in [0.15, 0.2) is 5.96 Å². The number of aryl methyl sites for hydroxylation is 2. The second kappa shape index (κ2) is 7.63. The van der Waals surface area contributed by atoms with Crippen molar-refractivity contribution in [3.63, 3.8) is 0 Å². The molecule has 22 heavy (non-hydrogen) atoms. The van der Waals surface area contributed by atoms with Gasteiger partial charge in [-0.25, -0.2) is 0 Å². The lowest BCUT2D eigenvalue weighted by Crippen LogP contribution is -2.40. The van der Waals surface area contributed by atoms with Crippen LogP contribution < -0.4 is 5.32 Å². The average molecular weight is 307 g/mol. The van der Waals surface area contributed by atoms with Gasteiger partial charge in [-0.2, -0.15) is 5.10 Å². The summed E-state index contributed by atoms with van der Waals surface area (Å²) in [5, 5.41) is 17.5. The van der Waals surface area contributed by atoms with E-state index < -0.39 is 0 Å². The molecule has 124 valence electrons. The van der Waals surface area contributed by atoms with Crippen LogP contribution in [0.4, 0.5) is 0 Å². The zero-order chi connectivity index (χ0) is 16.1. The highest BCUT2D eigenvalue weighted by atomic mass is 16.3. The van der Waals surface area contributed by atoms with Crippen molar-refractivity contribution in [3.05, 3.63) is 17.5 Å². The fraction of sp³-hybridized carbons (Fsp3) is 0.750. The summed E-state index contributed by atoms with van der Waals surface area (Å²) < 4.78 is 2.06. The molecule has 2 heterocycles. The molecule has 1 aromatic heterocycles. The number of nitrogens with zero attached hydrogens (tertiary/aromatic N) is 4. The topological polar surface area (TPSA) is 65.7 Å². The van der Waals surface area contributed by atoms with E-state index in [9.17, 15) is 5.11 Å². The molecule has 1 saturated heterocycles. The van der Waals surface area contributed by atoms with Crippen molar-refractivity contribution in [1.29, 1.82) is 0 Å². The van der Waals surface area contributed by atoms with Crippen LogP contribution in [-0.4, -0.2) is 58.0 Å². The Morgan fingerprint density at radius 1 is 1.55 bits per heavy atom. The van der Waals surface area contributed by atoms with Gasteiger partial charge < -0.3 is 15.3 Å². The summed E-state index contributed by atoms with van der Waals surface area (Å²) in [5.74, 6) is 1.33. The first kappa shape index (κ1) is 16.8. The van der Waals surface area contributed by atoms with Gasteiger partial charge in [-0.1, -0.05) is 6.92 Å². The minimum Gasteiger partial charge on any atom is -0.391 e. The summed E-state index contributed by atoms with van der Waals surface area (Å²) in [5.41, 5.74) is 2.26. The average Bonchev–Trinajstić information content (AvgIpc) is 3.01. The quantitative estimate of drug-likeness (QED) is 0.633. The molecule has 2 atom stereocenters. The predicted molar refractivity (Wildman–Crippen MR) is 89.0 cm³/mol. The Kier molecular flexibility index (Phi) is 5.83. The van der Waals surface area contributed by atoms with Crippen molar-refractivity contribution in [2.75, 3.05) is 26.2 Å². The molecule has 2 rings (SSSR count). The fourth-order valence-corrected chi connectivity index (χ4v) is 2.82. The SMILES string of the molecule is CCNC(=NCC(C)Cn1nc(C)cc1C)N1CC[C@@H](O)C1. The molecule has 0 aliphatic carbocycles. The van der Waals surface area contributed by atoms with Gasteiger partial charge in [-0.15, -0.1) is 0 Å². The number of nitrogens with one attached hydrogen (secondary N) is 1. The lowest BCUT2D eigenvalue weighted by atomic mass is 10.2. The molecule has 0 aromatic carbocycles. The number of guanidine groups is 1. The zero-order valence-corrected chi connectivity index (χ0v) is 14.2. The van der Waals surface area contributed by atoms with Gasteiger partial charge in [-0.05, 0) is 39.2 Å². The summed E-state index contributed by atoms with van der Waals surface area (Å²) in [6.45, 7) is 12.4. The summed E-state index contributed by atoms with van der Waals surface area (Å²) in [6.07, 6.45) is 0.599. The molecular formula is C16H29N5O. The zero-order valence-electron chi connectivity index (χ0n) is 14.2. The summed E-state index contributed by atoms with van der Waals surface area (Å²) in [6, 6.07) is 2.10. The van der Waals surface area contributed by atoms with Crippen LogP contribution >= 0.6 is 0 Å². The van der Waals surface area contributed by atoms with Crippen LogP contribution in [0.2, 0.25) is 0 Å². The Bertz CT molecular complexity index is 511. The third-order valence-corrected chi connectivity index (χ3v) is 3.94. The first-order chi connectivity index (χ1) is 10.5. The van der Waals surface area contributed by atoms with E-state index in [2.05, 4.69) is 46.8 Å². The minimum absolute atomic E-state index is 0.226. The highest BCUT2D eigenvalue weighted by molar-refractivity contribution is 5.80. The van der Waals surface area contributed by atoms with Crippen LogP contribution in [-0.2, 0) is 6.54 Å². The van der Waals surface area contributed by atoms with E-state index in [1.54, 1.807) is 0 Å². The van der Waals surface area contributed by atoms with Crippen LogP contribution in [0.25, 0.3) is 0 Å². The number of aliphatic hydroxyl groups excluding tert-OH is 1. The third kappa shape index (κ3) is 4.47. The summed E-state index contributed by atoms with van der Waals surface area (Å²) >= 11 is 0. The highest BCUT2D eigenvalue weighted by Crippen LogP contribution is 2.10. The molecule has 1 aromatic rings. The largest absolute Gasteiger partial charge is 0.391 e. The normalized spacial score (nSPS) is 20.5. The van der Waals surface area contributed by atoms with Crippen molar-refractivity contribution in [1.82, 2.24) is 20.0 Å². The molecule has 1 aliphatic heterocycles. The van der Waals surface area contributed by atoms with Crippen LogP contribution in [0.15, 0.2) is 11.1 Å². The Morgan fingerprint density at radius 3 is 2.86 bits per heavy atom. The molecule has 6 nitrogen and oxygen atoms in total. The number of aliphatic hydroxyl groups is 1. The van der Waals surface area contributed by atoms with Gasteiger partial charge in [0, 0.05) is 38.4 Å². The molecular weight excluding hydrogens is 278 g/mol. The number of likely N-dealkylation sites (tertiary alicyclic amines) is 1. The maximum Gasteiger partial charge on any atom is 0.194 e. The maximum atomic E-state index is 9.69. The molecule has 0 spiro atoms. The van der Waals surface area contributed by atoms with E-state index in [-0.39, 0.29) is 6.10 Å². The van der Waals surface area contributed by atoms with Crippen LogP contribution in [0, 0.1) is 19.8 Å². The van der Waals surface area contributed by atoms with E-state index >= 15 is 0 Å². The molecule has 1 unspecified atom stereocenters. The van der Waals surface area contributed by atoms with E-state index in [0.717, 1.165) is 44.3 Å². The van der Waals surface area contributed by atoms with Crippen molar-refractivity contribution in [2.24, 2.45) is 10.9 Å². The van der Waals surface area contributed by atoms with Crippen molar-refractivity contribution in [3.8, 4) is 0 Å². The van der Waals surface area contributed by atoms with Crippen molar-refractivity contribution in [2.45, 2.75) is 46.8 Å². The van der Waals surface area contributed by atoms with Gasteiger partial charge in [0.1, 0.15) is 0 Å². The number of rotatable bonds is 5. The summed E-state index contributed by atoms with van der Waals surface area (Å²) in [4.78, 5) is 6.88. The second-order valence-corrected chi connectivity index (χ2v) is 6.30. The fourth-order valence-electron chi connectivity index (χ4n) is 2.82. The Balaban J connectivity index is 1.93. The molecule has 0 bridgehead atoms. The molecule has 0 radical (unpaired) electrons. The smallest absolute Gasteiger partial charge is 0.194 e. The molecule has 1 aliphatic rings. The van der Waals surface area contributed by atoms with Crippen molar-refractivity contribution < 1.29 is 5.11 Å². The van der Waals surface area contributed by atoms with Gasteiger partial charge in [0.05, 0.1) is 11.8 Å². The van der Waals surface area contributed by atoms with Crippen LogP contribution in [0.3, 0.4) is 0 Å². The number of aromatic nitrogens is 2. The molecule has 2 N–H and O–H groups in total. The molecule has 0 saturated carbocycles. The van der Waals surface area contributed by atoms with Crippen LogP contribution in [0.1, 0.15) is 31.7 Å². The molecule has 0 amide bonds. The Hall–Kier alpha value is -1.56. The summed E-state index contributed by atoms with van der Waals surface area (Å²) in [7, 11) is 0. The van der Waals surface area contributed by atoms with Gasteiger partial charge in [0.2, 0.25) is 0 Å². The predicted octanol–water partition coefficient (Wildman–Crippen LogP) is 1.17. The highest BCUT2D eigenvalue weighted by Gasteiger charge is 2.22. The van der Waals surface area contributed by atoms with Gasteiger partial charge in [0.25, 0.3) is 0 Å². The van der Waals surface area contributed by atoms with E-state index in [1.165, 1.54) is 5.69 Å². The molecule has 6 heteroatoms. The Labute approximate surface area is 133 Å². The minimum atomic E-state index is -0.226. The first-order valence-electron chi connectivity index (χ1n) is 8.22. The Morgan fingerprint density at radius 2 is 2.32 bits per heavy atom. The van der Waals surface area contributed by atoms with Crippen LogP contribution in [0.5, 0.6) is 0 Å². The van der Waals surface area contributed by atoms with Gasteiger partial charge >= 0.3 is 0 Å².